The van der Waals surface area contributed by atoms with Gasteiger partial charge in [-0.1, -0.05) is 47.5 Å². The number of anilines is 1. The summed E-state index contributed by atoms with van der Waals surface area (Å²) in [4.78, 5) is 27.4. The third kappa shape index (κ3) is 4.19. The molecule has 0 spiro atoms. The number of ketones is 1. The molecule has 5 nitrogen and oxygen atoms in total. The van der Waals surface area contributed by atoms with E-state index in [-0.39, 0.29) is 16.7 Å². The smallest absolute Gasteiger partial charge is 0.300 e. The van der Waals surface area contributed by atoms with E-state index in [1.54, 1.807) is 31.2 Å². The molecule has 0 bridgehead atoms. The number of ether oxygens (including phenoxy) is 1. The first-order chi connectivity index (χ1) is 15.8. The molecule has 1 saturated heterocycles. The van der Waals surface area contributed by atoms with Crippen molar-refractivity contribution in [1.29, 1.82) is 0 Å². The van der Waals surface area contributed by atoms with Crippen LogP contribution >= 0.6 is 23.2 Å². The minimum Gasteiger partial charge on any atom is -0.507 e. The van der Waals surface area contributed by atoms with E-state index in [0.717, 1.165) is 4.90 Å². The highest BCUT2D eigenvalue weighted by atomic mass is 35.5. The number of hydrogen-bond donors (Lipinski definition) is 1. The van der Waals surface area contributed by atoms with E-state index in [4.69, 9.17) is 27.9 Å². The van der Waals surface area contributed by atoms with Gasteiger partial charge in [0, 0.05) is 21.8 Å². The van der Waals surface area contributed by atoms with Gasteiger partial charge in [-0.25, -0.2) is 4.39 Å². The molecule has 0 radical (unpaired) electrons. The number of amides is 1. The van der Waals surface area contributed by atoms with Crippen molar-refractivity contribution in [2.24, 2.45) is 0 Å². The number of carbonyl (C=O) groups is 2. The Morgan fingerprint density at radius 2 is 1.82 bits per heavy atom. The second-order valence-corrected chi connectivity index (χ2v) is 8.09. The minimum atomic E-state index is -1.21. The van der Waals surface area contributed by atoms with Gasteiger partial charge in [-0.3, -0.25) is 14.5 Å². The molecule has 1 N–H and O–H groups in total. The van der Waals surface area contributed by atoms with Crippen LogP contribution < -0.4 is 9.64 Å². The fourth-order valence-electron chi connectivity index (χ4n) is 3.79. The largest absolute Gasteiger partial charge is 0.507 e. The van der Waals surface area contributed by atoms with Crippen molar-refractivity contribution in [2.75, 3.05) is 11.5 Å². The van der Waals surface area contributed by atoms with Gasteiger partial charge in [0.25, 0.3) is 11.7 Å². The lowest BCUT2D eigenvalue weighted by Gasteiger charge is -2.26. The Hall–Kier alpha value is -3.35. The van der Waals surface area contributed by atoms with Crippen LogP contribution in [-0.4, -0.2) is 23.4 Å². The number of benzene rings is 3. The minimum absolute atomic E-state index is 0.0530. The van der Waals surface area contributed by atoms with Crippen molar-refractivity contribution < 1.29 is 23.8 Å². The molecule has 0 saturated carbocycles. The molecule has 3 aromatic carbocycles. The second-order valence-electron chi connectivity index (χ2n) is 7.25. The summed E-state index contributed by atoms with van der Waals surface area (Å²) < 4.78 is 20.4. The van der Waals surface area contributed by atoms with Crippen LogP contribution in [0.25, 0.3) is 5.76 Å². The number of aliphatic hydroxyl groups excluding tert-OH is 1. The maximum absolute atomic E-state index is 14.9. The van der Waals surface area contributed by atoms with Gasteiger partial charge in [-0.15, -0.1) is 0 Å². The number of Topliss-reactive ketones (excluding diaryl/α,β-unsaturated/α-hetero) is 1. The first kappa shape index (κ1) is 22.8. The lowest BCUT2D eigenvalue weighted by atomic mass is 9.94. The lowest BCUT2D eigenvalue weighted by Crippen LogP contribution is -2.29. The van der Waals surface area contributed by atoms with Gasteiger partial charge < -0.3 is 9.84 Å². The van der Waals surface area contributed by atoms with E-state index in [1.807, 2.05) is 0 Å². The van der Waals surface area contributed by atoms with Crippen molar-refractivity contribution in [3.63, 3.8) is 0 Å². The molecule has 33 heavy (non-hydrogen) atoms. The molecule has 0 aliphatic carbocycles. The molecule has 1 aliphatic rings. The highest BCUT2D eigenvalue weighted by Gasteiger charge is 2.47. The zero-order valence-corrected chi connectivity index (χ0v) is 18.9. The van der Waals surface area contributed by atoms with Crippen molar-refractivity contribution in [2.45, 2.75) is 13.0 Å². The van der Waals surface area contributed by atoms with Crippen LogP contribution in [0.5, 0.6) is 5.75 Å². The molecule has 3 aromatic rings. The fourth-order valence-corrected chi connectivity index (χ4v) is 4.14. The van der Waals surface area contributed by atoms with E-state index in [0.29, 0.717) is 28.1 Å². The Morgan fingerprint density at radius 1 is 1.06 bits per heavy atom. The van der Waals surface area contributed by atoms with Gasteiger partial charge >= 0.3 is 0 Å². The van der Waals surface area contributed by atoms with E-state index in [9.17, 15) is 19.1 Å². The summed E-state index contributed by atoms with van der Waals surface area (Å²) in [6.07, 6.45) is 0. The third-order valence-electron chi connectivity index (χ3n) is 5.24. The lowest BCUT2D eigenvalue weighted by molar-refractivity contribution is -0.132. The van der Waals surface area contributed by atoms with Gasteiger partial charge in [0.15, 0.2) is 0 Å². The Kier molecular flexibility index (Phi) is 6.40. The van der Waals surface area contributed by atoms with Gasteiger partial charge in [0.2, 0.25) is 0 Å². The first-order valence-electron chi connectivity index (χ1n) is 10.1. The Labute approximate surface area is 199 Å². The third-order valence-corrected chi connectivity index (χ3v) is 5.78. The van der Waals surface area contributed by atoms with Gasteiger partial charge in [0.05, 0.1) is 23.2 Å². The molecule has 1 unspecified atom stereocenters. The molecular formula is C25H18Cl2FNO4. The van der Waals surface area contributed by atoms with Gasteiger partial charge in [-0.05, 0) is 49.4 Å². The highest BCUT2D eigenvalue weighted by molar-refractivity contribution is 6.51. The van der Waals surface area contributed by atoms with Crippen LogP contribution in [0, 0.1) is 5.82 Å². The predicted octanol–water partition coefficient (Wildman–Crippen LogP) is 6.16. The van der Waals surface area contributed by atoms with E-state index in [1.165, 1.54) is 42.5 Å². The average molecular weight is 486 g/mol. The second kappa shape index (κ2) is 9.25. The van der Waals surface area contributed by atoms with Crippen LogP contribution in [-0.2, 0) is 9.59 Å². The van der Waals surface area contributed by atoms with Crippen LogP contribution in [0.4, 0.5) is 10.1 Å². The Morgan fingerprint density at radius 3 is 2.52 bits per heavy atom. The van der Waals surface area contributed by atoms with E-state index in [2.05, 4.69) is 0 Å². The van der Waals surface area contributed by atoms with Crippen molar-refractivity contribution in [3.8, 4) is 5.75 Å². The molecule has 168 valence electrons. The fraction of sp³-hybridized carbons (Fsp3) is 0.120. The summed E-state index contributed by atoms with van der Waals surface area (Å²) in [6, 6.07) is 15.3. The molecular weight excluding hydrogens is 468 g/mol. The number of carbonyl (C=O) groups excluding carboxylic acids is 2. The van der Waals surface area contributed by atoms with E-state index >= 15 is 0 Å². The summed E-state index contributed by atoms with van der Waals surface area (Å²) in [5.74, 6) is -2.66. The predicted molar refractivity (Wildman–Crippen MR) is 125 cm³/mol. The molecule has 1 atom stereocenters. The van der Waals surface area contributed by atoms with Crippen molar-refractivity contribution in [1.82, 2.24) is 0 Å². The molecule has 1 aliphatic heterocycles. The van der Waals surface area contributed by atoms with Crippen molar-refractivity contribution in [3.05, 3.63) is 99.3 Å². The summed E-state index contributed by atoms with van der Waals surface area (Å²) in [7, 11) is 0. The standard InChI is InChI=1S/C25H18Cl2FNO4/c1-2-33-20-12-14(10-11-18(20)27)23(30)21-22(17-8-3-4-9-19(17)28)29(25(32)24(21)31)16-7-5-6-15(26)13-16/h3-13,22,30H,2H2,1H3/b23-21+. The van der Waals surface area contributed by atoms with Crippen LogP contribution in [0.15, 0.2) is 72.3 Å². The highest BCUT2D eigenvalue weighted by Crippen LogP contribution is 2.43. The Bertz CT molecular complexity index is 1290. The topological polar surface area (TPSA) is 66.8 Å². The molecule has 0 aromatic heterocycles. The summed E-state index contributed by atoms with van der Waals surface area (Å²) in [6.45, 7) is 2.11. The quantitative estimate of drug-likeness (QED) is 0.267. The number of halogens is 3. The van der Waals surface area contributed by atoms with Crippen molar-refractivity contribution >= 4 is 46.3 Å². The SMILES string of the molecule is CCOc1cc(/C(O)=C2\C(=O)C(=O)N(c3cccc(Cl)c3)C2c2ccccc2F)ccc1Cl. The monoisotopic (exact) mass is 485 g/mol. The van der Waals surface area contributed by atoms with Gasteiger partial charge in [0.1, 0.15) is 17.3 Å². The normalized spacial score (nSPS) is 17.5. The zero-order chi connectivity index (χ0) is 23.7. The molecule has 1 heterocycles. The first-order valence-corrected chi connectivity index (χ1v) is 10.8. The molecule has 4 rings (SSSR count). The molecule has 1 fully saturated rings. The average Bonchev–Trinajstić information content (AvgIpc) is 3.05. The van der Waals surface area contributed by atoms with Gasteiger partial charge in [-0.2, -0.15) is 0 Å². The van der Waals surface area contributed by atoms with Crippen LogP contribution in [0.1, 0.15) is 24.1 Å². The molecule has 8 heteroatoms. The molecule has 1 amide bonds. The maximum atomic E-state index is 14.9. The van der Waals surface area contributed by atoms with Crippen LogP contribution in [0.3, 0.4) is 0 Å². The summed E-state index contributed by atoms with van der Waals surface area (Å²) >= 11 is 12.2. The number of aliphatic hydroxyl groups is 1. The maximum Gasteiger partial charge on any atom is 0.300 e. The summed E-state index contributed by atoms with van der Waals surface area (Å²) in [5.41, 5.74) is 0.295. The Balaban J connectivity index is 1.96. The number of hydrogen-bond acceptors (Lipinski definition) is 4. The summed E-state index contributed by atoms with van der Waals surface area (Å²) in [5, 5.41) is 11.8. The van der Waals surface area contributed by atoms with E-state index < -0.39 is 29.3 Å². The zero-order valence-electron chi connectivity index (χ0n) is 17.4. The number of rotatable bonds is 5. The number of nitrogens with zero attached hydrogens (tertiary/aromatic N) is 1. The van der Waals surface area contributed by atoms with Crippen LogP contribution in [0.2, 0.25) is 10.0 Å².